The average molecular weight is 288 g/mol. The van der Waals surface area contributed by atoms with Crippen LogP contribution < -0.4 is 4.90 Å². The summed E-state index contributed by atoms with van der Waals surface area (Å²) in [5.41, 5.74) is 0.289. The molecule has 3 heterocycles. The Kier molecular flexibility index (Phi) is 3.57. The van der Waals surface area contributed by atoms with Gasteiger partial charge in [0.25, 0.3) is 0 Å². The van der Waals surface area contributed by atoms with Gasteiger partial charge in [0.05, 0.1) is 11.3 Å². The molecule has 0 spiro atoms. The molecule has 20 heavy (non-hydrogen) atoms. The lowest BCUT2D eigenvalue weighted by atomic mass is 10.2. The summed E-state index contributed by atoms with van der Waals surface area (Å²) in [5.74, 6) is 0.827. The molecule has 1 saturated heterocycles. The van der Waals surface area contributed by atoms with Crippen molar-refractivity contribution in [3.63, 3.8) is 0 Å². The molecule has 2 aromatic rings. The molecule has 1 unspecified atom stereocenters. The molecule has 3 rings (SSSR count). The predicted molar refractivity (Wildman–Crippen MR) is 76.6 cm³/mol. The van der Waals surface area contributed by atoms with Crippen molar-refractivity contribution in [1.29, 1.82) is 5.26 Å². The minimum Gasteiger partial charge on any atom is -0.352 e. The normalized spacial score (nSPS) is 18.2. The summed E-state index contributed by atoms with van der Waals surface area (Å²) in [7, 11) is 0. The van der Waals surface area contributed by atoms with E-state index >= 15 is 0 Å². The van der Waals surface area contributed by atoms with Crippen molar-refractivity contribution in [1.82, 2.24) is 14.5 Å². The van der Waals surface area contributed by atoms with Crippen LogP contribution in [0.15, 0.2) is 30.9 Å². The molecule has 6 heteroatoms. The molecule has 0 amide bonds. The minimum atomic E-state index is 0.289. The molecular formula is C14H14ClN5. The maximum Gasteiger partial charge on any atom is 0.161 e. The number of nitrogens with zero attached hydrogens (tertiary/aromatic N) is 5. The van der Waals surface area contributed by atoms with Crippen LogP contribution in [0.1, 0.15) is 18.5 Å². The zero-order valence-corrected chi connectivity index (χ0v) is 11.7. The van der Waals surface area contributed by atoms with Gasteiger partial charge in [-0.05, 0) is 25.0 Å². The number of hydrogen-bond acceptors (Lipinski definition) is 4. The molecule has 0 aromatic carbocycles. The first-order valence-corrected chi connectivity index (χ1v) is 6.95. The summed E-state index contributed by atoms with van der Waals surface area (Å²) >= 11 is 5.94. The van der Waals surface area contributed by atoms with Crippen molar-refractivity contribution >= 4 is 17.4 Å². The molecule has 1 fully saturated rings. The Hall–Kier alpha value is -2.06. The van der Waals surface area contributed by atoms with Crippen LogP contribution in [0.5, 0.6) is 0 Å². The van der Waals surface area contributed by atoms with Crippen LogP contribution in [0.2, 0.25) is 5.02 Å². The standard InChI is InChI=1S/C14H14ClN5/c15-12-3-4-14(18-13(12)8-16)20-6-1-2-11(20)9-19-7-5-17-10-19/h3-5,7,10-11H,1-2,6,9H2. The van der Waals surface area contributed by atoms with E-state index in [2.05, 4.69) is 19.4 Å². The van der Waals surface area contributed by atoms with E-state index in [9.17, 15) is 0 Å². The SMILES string of the molecule is N#Cc1nc(N2CCCC2Cn2ccnc2)ccc1Cl. The lowest BCUT2D eigenvalue weighted by Crippen LogP contribution is -2.33. The highest BCUT2D eigenvalue weighted by molar-refractivity contribution is 6.31. The maximum absolute atomic E-state index is 9.03. The molecule has 0 aliphatic carbocycles. The number of anilines is 1. The van der Waals surface area contributed by atoms with Gasteiger partial charge in [-0.1, -0.05) is 11.6 Å². The molecule has 1 atom stereocenters. The highest BCUT2D eigenvalue weighted by Gasteiger charge is 2.26. The summed E-state index contributed by atoms with van der Waals surface area (Å²) in [6, 6.07) is 6.04. The zero-order chi connectivity index (χ0) is 13.9. The Morgan fingerprint density at radius 2 is 2.35 bits per heavy atom. The van der Waals surface area contributed by atoms with Crippen LogP contribution in [0.25, 0.3) is 0 Å². The summed E-state index contributed by atoms with van der Waals surface area (Å²) in [6.07, 6.45) is 7.82. The van der Waals surface area contributed by atoms with E-state index in [-0.39, 0.29) is 5.69 Å². The van der Waals surface area contributed by atoms with E-state index in [1.807, 2.05) is 24.7 Å². The number of imidazole rings is 1. The van der Waals surface area contributed by atoms with Gasteiger partial charge in [-0.2, -0.15) is 5.26 Å². The quantitative estimate of drug-likeness (QED) is 0.870. The molecule has 0 radical (unpaired) electrons. The first-order valence-electron chi connectivity index (χ1n) is 6.57. The number of nitriles is 1. The monoisotopic (exact) mass is 287 g/mol. The third-order valence-electron chi connectivity index (χ3n) is 3.59. The zero-order valence-electron chi connectivity index (χ0n) is 10.9. The Bertz CT molecular complexity index is 632. The van der Waals surface area contributed by atoms with E-state index in [1.165, 1.54) is 0 Å². The van der Waals surface area contributed by atoms with Crippen molar-refractivity contribution in [3.8, 4) is 6.07 Å². The van der Waals surface area contributed by atoms with Gasteiger partial charge in [0, 0.05) is 31.5 Å². The lowest BCUT2D eigenvalue weighted by molar-refractivity contribution is 0.547. The Morgan fingerprint density at radius 1 is 1.45 bits per heavy atom. The van der Waals surface area contributed by atoms with Crippen LogP contribution >= 0.6 is 11.6 Å². The first-order chi connectivity index (χ1) is 9.78. The lowest BCUT2D eigenvalue weighted by Gasteiger charge is -2.26. The average Bonchev–Trinajstić information content (AvgIpc) is 3.12. The number of aromatic nitrogens is 3. The fraction of sp³-hybridized carbons (Fsp3) is 0.357. The largest absolute Gasteiger partial charge is 0.352 e. The highest BCUT2D eigenvalue weighted by atomic mass is 35.5. The smallest absolute Gasteiger partial charge is 0.161 e. The van der Waals surface area contributed by atoms with E-state index in [0.29, 0.717) is 11.1 Å². The molecule has 1 aliphatic heterocycles. The fourth-order valence-corrected chi connectivity index (χ4v) is 2.78. The molecule has 0 saturated carbocycles. The molecule has 2 aromatic heterocycles. The third kappa shape index (κ3) is 2.47. The number of rotatable bonds is 3. The number of pyridine rings is 1. The molecular weight excluding hydrogens is 274 g/mol. The van der Waals surface area contributed by atoms with Gasteiger partial charge in [-0.25, -0.2) is 9.97 Å². The van der Waals surface area contributed by atoms with Crippen LogP contribution in [0.4, 0.5) is 5.82 Å². The Morgan fingerprint density at radius 3 is 3.10 bits per heavy atom. The van der Waals surface area contributed by atoms with Crippen molar-refractivity contribution in [2.45, 2.75) is 25.4 Å². The van der Waals surface area contributed by atoms with E-state index in [1.54, 1.807) is 12.3 Å². The predicted octanol–water partition coefficient (Wildman–Crippen LogP) is 2.47. The van der Waals surface area contributed by atoms with Gasteiger partial charge >= 0.3 is 0 Å². The van der Waals surface area contributed by atoms with Gasteiger partial charge in [0.2, 0.25) is 0 Å². The van der Waals surface area contributed by atoms with E-state index in [0.717, 1.165) is 31.7 Å². The van der Waals surface area contributed by atoms with Gasteiger partial charge < -0.3 is 9.47 Å². The van der Waals surface area contributed by atoms with E-state index in [4.69, 9.17) is 16.9 Å². The van der Waals surface area contributed by atoms with Crippen LogP contribution in [0.3, 0.4) is 0 Å². The molecule has 0 N–H and O–H groups in total. The first kappa shape index (κ1) is 12.9. The summed E-state index contributed by atoms with van der Waals surface area (Å²) < 4.78 is 2.07. The van der Waals surface area contributed by atoms with Gasteiger partial charge in [0.1, 0.15) is 11.9 Å². The summed E-state index contributed by atoms with van der Waals surface area (Å²) in [5, 5.41) is 9.44. The molecule has 1 aliphatic rings. The second-order valence-corrected chi connectivity index (χ2v) is 5.27. The van der Waals surface area contributed by atoms with Gasteiger partial charge in [-0.3, -0.25) is 0 Å². The van der Waals surface area contributed by atoms with Crippen LogP contribution in [0, 0.1) is 11.3 Å². The van der Waals surface area contributed by atoms with Crippen molar-refractivity contribution < 1.29 is 0 Å². The Labute approximate surface area is 122 Å². The molecule has 0 bridgehead atoms. The minimum absolute atomic E-state index is 0.289. The van der Waals surface area contributed by atoms with Gasteiger partial charge in [0.15, 0.2) is 5.69 Å². The molecule has 5 nitrogen and oxygen atoms in total. The summed E-state index contributed by atoms with van der Waals surface area (Å²) in [6.45, 7) is 1.84. The van der Waals surface area contributed by atoms with Crippen molar-refractivity contribution in [2.75, 3.05) is 11.4 Å². The van der Waals surface area contributed by atoms with Crippen LogP contribution in [-0.2, 0) is 6.54 Å². The van der Waals surface area contributed by atoms with E-state index < -0.39 is 0 Å². The van der Waals surface area contributed by atoms with Crippen LogP contribution in [-0.4, -0.2) is 27.1 Å². The molecule has 102 valence electrons. The second-order valence-electron chi connectivity index (χ2n) is 4.86. The van der Waals surface area contributed by atoms with Crippen molar-refractivity contribution in [2.24, 2.45) is 0 Å². The summed E-state index contributed by atoms with van der Waals surface area (Å²) in [4.78, 5) is 10.7. The van der Waals surface area contributed by atoms with Crippen molar-refractivity contribution in [3.05, 3.63) is 41.6 Å². The number of hydrogen-bond donors (Lipinski definition) is 0. The Balaban J connectivity index is 1.83. The van der Waals surface area contributed by atoms with Gasteiger partial charge in [-0.15, -0.1) is 0 Å². The third-order valence-corrected chi connectivity index (χ3v) is 3.89. The maximum atomic E-state index is 9.03. The highest BCUT2D eigenvalue weighted by Crippen LogP contribution is 2.27. The topological polar surface area (TPSA) is 57.7 Å². The fourth-order valence-electron chi connectivity index (χ4n) is 2.64. The number of halogens is 1. The second kappa shape index (κ2) is 5.51.